The largest absolute Gasteiger partial charge is 0.462 e. The van der Waals surface area contributed by atoms with E-state index in [1.165, 1.54) is 250 Å². The van der Waals surface area contributed by atoms with Crippen LogP contribution in [0.5, 0.6) is 0 Å². The SMILES string of the molecule is CCCCCCCCC/C=C\C=C/CCCCCCCC(=O)OC(COC(=O)CCCCCCCCCCCCCCCCCCCC)COC(=O)CCCCCCCCCCCCCCCCCCCCC. The molecule has 0 rings (SSSR count). The Kier molecular flexibility index (Phi) is 60.6. The van der Waals surface area contributed by atoms with E-state index in [0.29, 0.717) is 19.3 Å². The summed E-state index contributed by atoms with van der Waals surface area (Å²) < 4.78 is 17.0. The third-order valence-electron chi connectivity index (χ3n) is 15.0. The molecule has 430 valence electrons. The zero-order valence-electron chi connectivity index (χ0n) is 49.4. The highest BCUT2D eigenvalue weighted by molar-refractivity contribution is 5.71. The van der Waals surface area contributed by atoms with Crippen LogP contribution in [0.25, 0.3) is 0 Å². The molecule has 73 heavy (non-hydrogen) atoms. The van der Waals surface area contributed by atoms with Crippen LogP contribution < -0.4 is 0 Å². The molecular formula is C67H126O6. The zero-order valence-corrected chi connectivity index (χ0v) is 49.4. The Morgan fingerprint density at radius 3 is 0.726 bits per heavy atom. The summed E-state index contributed by atoms with van der Waals surface area (Å²) in [6.45, 7) is 6.70. The van der Waals surface area contributed by atoms with E-state index in [1.54, 1.807) is 0 Å². The van der Waals surface area contributed by atoms with E-state index >= 15 is 0 Å². The molecule has 0 saturated carbocycles. The van der Waals surface area contributed by atoms with E-state index < -0.39 is 6.10 Å². The minimum Gasteiger partial charge on any atom is -0.462 e. The topological polar surface area (TPSA) is 78.9 Å². The summed E-state index contributed by atoms with van der Waals surface area (Å²) in [7, 11) is 0. The lowest BCUT2D eigenvalue weighted by Gasteiger charge is -2.18. The van der Waals surface area contributed by atoms with Crippen molar-refractivity contribution in [1.29, 1.82) is 0 Å². The normalized spacial score (nSPS) is 12.1. The molecule has 0 aliphatic heterocycles. The van der Waals surface area contributed by atoms with Crippen molar-refractivity contribution in [2.45, 2.75) is 374 Å². The molecule has 0 aromatic carbocycles. The highest BCUT2D eigenvalue weighted by atomic mass is 16.6. The van der Waals surface area contributed by atoms with Gasteiger partial charge in [-0.25, -0.2) is 0 Å². The molecule has 1 atom stereocenters. The quantitative estimate of drug-likeness (QED) is 0.0261. The second kappa shape index (κ2) is 62.4. The Morgan fingerprint density at radius 1 is 0.274 bits per heavy atom. The smallest absolute Gasteiger partial charge is 0.306 e. The lowest BCUT2D eigenvalue weighted by Crippen LogP contribution is -2.30. The van der Waals surface area contributed by atoms with Crippen molar-refractivity contribution in [2.75, 3.05) is 13.2 Å². The summed E-state index contributed by atoms with van der Waals surface area (Å²) in [5.74, 6) is -0.856. The lowest BCUT2D eigenvalue weighted by atomic mass is 10.0. The molecule has 0 heterocycles. The summed E-state index contributed by atoms with van der Waals surface area (Å²) >= 11 is 0. The third-order valence-corrected chi connectivity index (χ3v) is 15.0. The highest BCUT2D eigenvalue weighted by Crippen LogP contribution is 2.18. The first-order chi connectivity index (χ1) is 36.0. The predicted octanol–water partition coefficient (Wildman–Crippen LogP) is 22.2. The van der Waals surface area contributed by atoms with Crippen LogP contribution in [0.15, 0.2) is 24.3 Å². The van der Waals surface area contributed by atoms with Crippen molar-refractivity contribution in [3.63, 3.8) is 0 Å². The average Bonchev–Trinajstić information content (AvgIpc) is 3.39. The predicted molar refractivity (Wildman–Crippen MR) is 316 cm³/mol. The monoisotopic (exact) mass is 1030 g/mol. The van der Waals surface area contributed by atoms with Crippen LogP contribution in [0.2, 0.25) is 0 Å². The molecule has 0 aliphatic rings. The maximum Gasteiger partial charge on any atom is 0.306 e. The van der Waals surface area contributed by atoms with Crippen molar-refractivity contribution >= 4 is 17.9 Å². The molecule has 0 saturated heterocycles. The summed E-state index contributed by atoms with van der Waals surface area (Å²) in [4.78, 5) is 38.3. The molecule has 0 radical (unpaired) electrons. The summed E-state index contributed by atoms with van der Waals surface area (Å²) in [5.41, 5.74) is 0. The van der Waals surface area contributed by atoms with Gasteiger partial charge < -0.3 is 14.2 Å². The Morgan fingerprint density at radius 2 is 0.479 bits per heavy atom. The maximum absolute atomic E-state index is 12.9. The average molecular weight is 1030 g/mol. The van der Waals surface area contributed by atoms with Crippen molar-refractivity contribution in [3.8, 4) is 0 Å². The maximum atomic E-state index is 12.9. The van der Waals surface area contributed by atoms with E-state index in [0.717, 1.165) is 77.0 Å². The van der Waals surface area contributed by atoms with Gasteiger partial charge in [-0.3, -0.25) is 14.4 Å². The minimum atomic E-state index is -0.776. The molecule has 0 bridgehead atoms. The first-order valence-corrected chi connectivity index (χ1v) is 32.9. The Bertz CT molecular complexity index is 1180. The number of carbonyl (C=O) groups excluding carboxylic acids is 3. The van der Waals surface area contributed by atoms with Gasteiger partial charge in [0.2, 0.25) is 0 Å². The molecule has 0 amide bonds. The third kappa shape index (κ3) is 60.6. The van der Waals surface area contributed by atoms with Gasteiger partial charge in [-0.2, -0.15) is 0 Å². The number of ether oxygens (including phenoxy) is 3. The minimum absolute atomic E-state index is 0.0714. The number of carbonyl (C=O) groups is 3. The lowest BCUT2D eigenvalue weighted by molar-refractivity contribution is -0.167. The van der Waals surface area contributed by atoms with Crippen molar-refractivity contribution in [2.24, 2.45) is 0 Å². The number of unbranched alkanes of at least 4 members (excludes halogenated alkanes) is 47. The van der Waals surface area contributed by atoms with E-state index in [-0.39, 0.29) is 31.1 Å². The van der Waals surface area contributed by atoms with Crippen LogP contribution in [0.4, 0.5) is 0 Å². The molecule has 0 aromatic rings. The van der Waals surface area contributed by atoms with Crippen LogP contribution in [-0.4, -0.2) is 37.2 Å². The van der Waals surface area contributed by atoms with E-state index in [9.17, 15) is 14.4 Å². The van der Waals surface area contributed by atoms with Gasteiger partial charge >= 0.3 is 17.9 Å². The summed E-state index contributed by atoms with van der Waals surface area (Å²) in [6.07, 6.45) is 74.7. The Balaban J connectivity index is 4.33. The molecule has 6 nitrogen and oxygen atoms in total. The molecule has 6 heteroatoms. The Labute approximate surface area is 455 Å². The van der Waals surface area contributed by atoms with Crippen molar-refractivity contribution < 1.29 is 28.6 Å². The van der Waals surface area contributed by atoms with E-state index in [2.05, 4.69) is 45.1 Å². The van der Waals surface area contributed by atoms with Gasteiger partial charge in [-0.1, -0.05) is 328 Å². The number of esters is 3. The fraction of sp³-hybridized carbons (Fsp3) is 0.896. The number of hydrogen-bond donors (Lipinski definition) is 0. The van der Waals surface area contributed by atoms with Gasteiger partial charge in [-0.05, 0) is 44.9 Å². The molecular weight excluding hydrogens is 901 g/mol. The van der Waals surface area contributed by atoms with E-state index in [1.807, 2.05) is 0 Å². The van der Waals surface area contributed by atoms with Gasteiger partial charge in [-0.15, -0.1) is 0 Å². The van der Waals surface area contributed by atoms with Crippen LogP contribution in [-0.2, 0) is 28.6 Å². The standard InChI is InChI=1S/C67H126O6/c1-4-7-10-13-16-19-22-25-28-31-34-37-39-42-45-48-51-54-57-60-66(69)72-63-64(73-67(70)61-58-55-52-49-46-43-40-36-33-30-27-24-21-18-15-12-9-6-3)62-71-65(68)59-56-53-50-47-44-41-38-35-32-29-26-23-20-17-14-11-8-5-2/h30,33,36,40,64H,4-29,31-32,34-35,37-39,41-63H2,1-3H3/b33-30-,40-36-. The zero-order chi connectivity index (χ0) is 52.9. The number of rotatable bonds is 61. The van der Waals surface area contributed by atoms with Crippen LogP contribution in [0.3, 0.4) is 0 Å². The van der Waals surface area contributed by atoms with Crippen LogP contribution in [0, 0.1) is 0 Å². The van der Waals surface area contributed by atoms with Gasteiger partial charge in [0, 0.05) is 19.3 Å². The summed E-state index contributed by atoms with van der Waals surface area (Å²) in [5, 5.41) is 0. The van der Waals surface area contributed by atoms with Crippen LogP contribution in [0.1, 0.15) is 367 Å². The second-order valence-electron chi connectivity index (χ2n) is 22.4. The fourth-order valence-electron chi connectivity index (χ4n) is 10.0. The molecule has 0 N–H and O–H groups in total. The molecule has 0 spiro atoms. The molecule has 0 fully saturated rings. The van der Waals surface area contributed by atoms with Crippen LogP contribution >= 0.6 is 0 Å². The number of allylic oxidation sites excluding steroid dienone is 4. The van der Waals surface area contributed by atoms with Crippen molar-refractivity contribution in [1.82, 2.24) is 0 Å². The van der Waals surface area contributed by atoms with Gasteiger partial charge in [0.05, 0.1) is 0 Å². The molecule has 1 unspecified atom stereocenters. The Hall–Kier alpha value is -2.11. The first kappa shape index (κ1) is 70.9. The number of hydrogen-bond acceptors (Lipinski definition) is 6. The van der Waals surface area contributed by atoms with Crippen molar-refractivity contribution in [3.05, 3.63) is 24.3 Å². The second-order valence-corrected chi connectivity index (χ2v) is 22.4. The molecule has 0 aliphatic carbocycles. The highest BCUT2D eigenvalue weighted by Gasteiger charge is 2.19. The first-order valence-electron chi connectivity index (χ1n) is 32.9. The van der Waals surface area contributed by atoms with E-state index in [4.69, 9.17) is 14.2 Å². The van der Waals surface area contributed by atoms with Gasteiger partial charge in [0.25, 0.3) is 0 Å². The molecule has 0 aromatic heterocycles. The summed E-state index contributed by atoms with van der Waals surface area (Å²) in [6, 6.07) is 0. The van der Waals surface area contributed by atoms with Gasteiger partial charge in [0.15, 0.2) is 6.10 Å². The van der Waals surface area contributed by atoms with Gasteiger partial charge in [0.1, 0.15) is 13.2 Å². The fourth-order valence-corrected chi connectivity index (χ4v) is 10.0.